The molecule has 170 valence electrons. The average Bonchev–Trinajstić information content (AvgIpc) is 2.89. The van der Waals surface area contributed by atoms with Crippen molar-refractivity contribution in [2.24, 2.45) is 5.73 Å². The summed E-state index contributed by atoms with van der Waals surface area (Å²) >= 11 is 0. The zero-order valence-electron chi connectivity index (χ0n) is 17.8. The lowest BCUT2D eigenvalue weighted by atomic mass is 9.99. The zero-order chi connectivity index (χ0) is 22.5. The number of fused-ring (bicyclic) bond motifs is 2. The highest BCUT2D eigenvalue weighted by Gasteiger charge is 2.34. The Kier molecular flexibility index (Phi) is 5.26. The summed E-state index contributed by atoms with van der Waals surface area (Å²) in [6.45, 7) is 3.98. The van der Waals surface area contributed by atoms with Gasteiger partial charge in [-0.05, 0) is 30.2 Å². The van der Waals surface area contributed by atoms with Crippen molar-refractivity contribution < 1.29 is 18.2 Å². The quantitative estimate of drug-likeness (QED) is 0.469. The number of ether oxygens (including phenoxy) is 1. The second-order valence-electron chi connectivity index (χ2n) is 8.73. The number of anilines is 2. The van der Waals surface area contributed by atoms with Crippen molar-refractivity contribution in [2.45, 2.75) is 23.9 Å². The smallest absolute Gasteiger partial charge is 0.137 e. The second kappa shape index (κ2) is 7.86. The molecule has 0 saturated carbocycles. The Morgan fingerprint density at radius 1 is 1.25 bits per heavy atom. The van der Waals surface area contributed by atoms with Crippen LogP contribution in [0.4, 0.5) is 15.9 Å². The third-order valence-corrected chi connectivity index (χ3v) is 8.01. The van der Waals surface area contributed by atoms with E-state index in [1.165, 1.54) is 0 Å². The van der Waals surface area contributed by atoms with Crippen LogP contribution in [0.1, 0.15) is 11.1 Å². The maximum atomic E-state index is 15.1. The maximum absolute atomic E-state index is 15.1. The van der Waals surface area contributed by atoms with E-state index in [4.69, 9.17) is 15.5 Å². The fourth-order valence-electron chi connectivity index (χ4n) is 4.20. The van der Waals surface area contributed by atoms with Crippen LogP contribution < -0.4 is 16.0 Å². The number of pyridine rings is 1. The van der Waals surface area contributed by atoms with Gasteiger partial charge in [-0.15, -0.1) is 0 Å². The molecular formula is C23H27FN4O3S. The van der Waals surface area contributed by atoms with Crippen molar-refractivity contribution in [1.29, 1.82) is 0 Å². The van der Waals surface area contributed by atoms with Crippen LogP contribution in [0, 0.1) is 12.7 Å². The number of aryl methyl sites for hydroxylation is 1. The van der Waals surface area contributed by atoms with Crippen LogP contribution in [0.5, 0.6) is 0 Å². The minimum absolute atomic E-state index is 0.206. The van der Waals surface area contributed by atoms with Gasteiger partial charge in [0, 0.05) is 25.7 Å². The molecule has 32 heavy (non-hydrogen) atoms. The van der Waals surface area contributed by atoms with Crippen LogP contribution in [-0.4, -0.2) is 51.7 Å². The van der Waals surface area contributed by atoms with Gasteiger partial charge in [0.1, 0.15) is 11.6 Å². The number of nitrogens with two attached hydrogens (primary N) is 1. The molecule has 2 aliphatic heterocycles. The number of hydrogen-bond acceptors (Lipinski definition) is 7. The third kappa shape index (κ3) is 3.80. The molecule has 5 rings (SSSR count). The third-order valence-electron chi connectivity index (χ3n) is 6.16. The molecule has 0 radical (unpaired) electrons. The number of benzene rings is 2. The first kappa shape index (κ1) is 21.4. The van der Waals surface area contributed by atoms with Gasteiger partial charge in [0.2, 0.25) is 0 Å². The van der Waals surface area contributed by atoms with Crippen molar-refractivity contribution in [2.75, 3.05) is 42.3 Å². The lowest BCUT2D eigenvalue weighted by Gasteiger charge is -2.38. The fraction of sp³-hybridized carbons (Fsp3) is 0.348. The minimum Gasteiger partial charge on any atom is -0.382 e. The van der Waals surface area contributed by atoms with Crippen LogP contribution in [0.15, 0.2) is 47.4 Å². The summed E-state index contributed by atoms with van der Waals surface area (Å²) in [5, 5.41) is 3.75. The predicted octanol–water partition coefficient (Wildman–Crippen LogP) is 3.95. The van der Waals surface area contributed by atoms with Crippen LogP contribution in [-0.2, 0) is 11.3 Å². The predicted molar refractivity (Wildman–Crippen MR) is 126 cm³/mol. The molecule has 0 atom stereocenters. The van der Waals surface area contributed by atoms with Crippen LogP contribution >= 0.6 is 10.6 Å². The molecule has 0 aliphatic carbocycles. The van der Waals surface area contributed by atoms with Gasteiger partial charge in [-0.25, -0.2) is 9.37 Å². The van der Waals surface area contributed by atoms with Crippen molar-refractivity contribution in [3.63, 3.8) is 0 Å². The van der Waals surface area contributed by atoms with Gasteiger partial charge in [0.15, 0.2) is 0 Å². The standard InChI is InChI=1S/C23H27FN4O3S/c1-15-6-7-17-21(22(15)24)18(26-12-23(25)13-31-14-23)10-20(27-17)28-8-9-32(29,30)19-5-3-2-4-16(19)11-28/h2-7,10,29-30H,8-9,11-14,25H2,1H3,(H,26,27). The lowest BCUT2D eigenvalue weighted by Crippen LogP contribution is -2.61. The van der Waals surface area contributed by atoms with E-state index in [2.05, 4.69) is 5.32 Å². The van der Waals surface area contributed by atoms with Gasteiger partial charge in [0.05, 0.1) is 46.0 Å². The van der Waals surface area contributed by atoms with Crippen LogP contribution in [0.2, 0.25) is 0 Å². The SMILES string of the molecule is Cc1ccc2nc(N3CCS(O)(O)c4ccccc4C3)cc(NCC3(N)COC3)c2c1F. The molecule has 1 saturated heterocycles. The molecule has 0 spiro atoms. The molecule has 1 fully saturated rings. The summed E-state index contributed by atoms with van der Waals surface area (Å²) in [5.41, 5.74) is 8.36. The molecule has 1 aromatic heterocycles. The Morgan fingerprint density at radius 3 is 2.78 bits per heavy atom. The molecule has 5 N–H and O–H groups in total. The van der Waals surface area contributed by atoms with Gasteiger partial charge < -0.3 is 20.7 Å². The number of aromatic nitrogens is 1. The van der Waals surface area contributed by atoms with E-state index >= 15 is 4.39 Å². The molecule has 3 aromatic rings. The molecule has 7 nitrogen and oxygen atoms in total. The van der Waals surface area contributed by atoms with E-state index in [-0.39, 0.29) is 11.6 Å². The molecule has 0 bridgehead atoms. The molecule has 2 aliphatic rings. The van der Waals surface area contributed by atoms with Crippen LogP contribution in [0.25, 0.3) is 10.9 Å². The molecule has 3 heterocycles. The Labute approximate surface area is 187 Å². The lowest BCUT2D eigenvalue weighted by molar-refractivity contribution is -0.0461. The average molecular weight is 459 g/mol. The van der Waals surface area contributed by atoms with Gasteiger partial charge in [-0.1, -0.05) is 24.3 Å². The van der Waals surface area contributed by atoms with Crippen molar-refractivity contribution in [3.05, 3.63) is 59.4 Å². The monoisotopic (exact) mass is 458 g/mol. The van der Waals surface area contributed by atoms with Crippen molar-refractivity contribution >= 4 is 33.0 Å². The fourth-order valence-corrected chi connectivity index (χ4v) is 5.74. The molecule has 0 unspecified atom stereocenters. The molecular weight excluding hydrogens is 431 g/mol. The number of hydrogen-bond donors (Lipinski definition) is 4. The summed E-state index contributed by atoms with van der Waals surface area (Å²) in [5.74, 6) is 0.541. The highest BCUT2D eigenvalue weighted by atomic mass is 32.3. The summed E-state index contributed by atoms with van der Waals surface area (Å²) < 4.78 is 41.7. The molecule has 9 heteroatoms. The maximum Gasteiger partial charge on any atom is 0.137 e. The minimum atomic E-state index is -2.89. The Balaban J connectivity index is 1.56. The van der Waals surface area contributed by atoms with Gasteiger partial charge >= 0.3 is 0 Å². The van der Waals surface area contributed by atoms with Crippen molar-refractivity contribution in [1.82, 2.24) is 4.98 Å². The first-order chi connectivity index (χ1) is 15.3. The van der Waals surface area contributed by atoms with E-state index in [0.717, 1.165) is 5.56 Å². The van der Waals surface area contributed by atoms with Gasteiger partial charge in [-0.2, -0.15) is 10.6 Å². The van der Waals surface area contributed by atoms with E-state index in [9.17, 15) is 9.11 Å². The van der Waals surface area contributed by atoms with Gasteiger partial charge in [0.25, 0.3) is 0 Å². The highest BCUT2D eigenvalue weighted by Crippen LogP contribution is 2.51. The second-order valence-corrected chi connectivity index (χ2v) is 10.9. The van der Waals surface area contributed by atoms with E-state index in [1.807, 2.05) is 35.2 Å². The molecule has 0 amide bonds. The van der Waals surface area contributed by atoms with Gasteiger partial charge in [-0.3, -0.25) is 9.11 Å². The normalized spacial score (nSPS) is 20.2. The van der Waals surface area contributed by atoms with E-state index in [0.29, 0.717) is 65.7 Å². The Hall–Kier alpha value is -2.43. The summed E-state index contributed by atoms with van der Waals surface area (Å²) in [7, 11) is -2.89. The van der Waals surface area contributed by atoms with E-state index in [1.54, 1.807) is 19.1 Å². The summed E-state index contributed by atoms with van der Waals surface area (Å²) in [6.07, 6.45) is 0. The number of nitrogens with one attached hydrogen (secondary N) is 1. The van der Waals surface area contributed by atoms with E-state index < -0.39 is 16.1 Å². The summed E-state index contributed by atoms with van der Waals surface area (Å²) in [4.78, 5) is 7.33. The Morgan fingerprint density at radius 2 is 2.03 bits per heavy atom. The summed E-state index contributed by atoms with van der Waals surface area (Å²) in [6, 6.07) is 12.7. The topological polar surface area (TPSA) is 104 Å². The van der Waals surface area contributed by atoms with Crippen molar-refractivity contribution in [3.8, 4) is 0 Å². The first-order valence-electron chi connectivity index (χ1n) is 10.5. The molecule has 2 aromatic carbocycles. The Bertz CT molecular complexity index is 1190. The highest BCUT2D eigenvalue weighted by molar-refractivity contribution is 8.24. The van der Waals surface area contributed by atoms with Crippen LogP contribution in [0.3, 0.4) is 0 Å². The zero-order valence-corrected chi connectivity index (χ0v) is 18.7. The number of rotatable bonds is 4. The number of halogens is 1. The largest absolute Gasteiger partial charge is 0.382 e. The number of nitrogens with zero attached hydrogens (tertiary/aromatic N) is 2. The first-order valence-corrected chi connectivity index (χ1v) is 12.3.